The Morgan fingerprint density at radius 2 is 1.97 bits per heavy atom. The number of ether oxygens (including phenoxy) is 1. The van der Waals surface area contributed by atoms with Gasteiger partial charge < -0.3 is 15.6 Å². The molecule has 4 aromatic rings. The van der Waals surface area contributed by atoms with Gasteiger partial charge >= 0.3 is 0 Å². The molecular weight excluding hydrogens is 516 g/mol. The second-order valence-corrected chi connectivity index (χ2v) is 10.0. The van der Waals surface area contributed by atoms with Gasteiger partial charge in [0.1, 0.15) is 28.5 Å². The fourth-order valence-electron chi connectivity index (χ4n) is 3.35. The third-order valence-electron chi connectivity index (χ3n) is 5.08. The predicted molar refractivity (Wildman–Crippen MR) is 142 cm³/mol. The van der Waals surface area contributed by atoms with E-state index in [0.29, 0.717) is 32.8 Å². The lowest BCUT2D eigenvalue weighted by Gasteiger charge is -2.13. The van der Waals surface area contributed by atoms with Crippen molar-refractivity contribution in [1.29, 1.82) is 5.26 Å². The molecule has 0 aliphatic heterocycles. The molecule has 0 amide bonds. The van der Waals surface area contributed by atoms with E-state index in [4.69, 9.17) is 38.7 Å². The molecule has 0 aliphatic rings. The van der Waals surface area contributed by atoms with Crippen molar-refractivity contribution in [3.8, 4) is 33.6 Å². The van der Waals surface area contributed by atoms with Crippen molar-refractivity contribution in [3.05, 3.63) is 75.2 Å². The first-order valence-corrected chi connectivity index (χ1v) is 12.8. The Labute approximate surface area is 221 Å². The van der Waals surface area contributed by atoms with E-state index in [0.717, 1.165) is 21.1 Å². The van der Waals surface area contributed by atoms with E-state index < -0.39 is 0 Å². The first-order valence-electron chi connectivity index (χ1n) is 10.6. The van der Waals surface area contributed by atoms with E-state index in [9.17, 15) is 5.26 Å². The monoisotopic (exact) mass is 534 g/mol. The van der Waals surface area contributed by atoms with E-state index in [2.05, 4.69) is 20.9 Å². The van der Waals surface area contributed by atoms with E-state index >= 15 is 0 Å². The lowest BCUT2D eigenvalue weighted by atomic mass is 10.0. The zero-order chi connectivity index (χ0) is 25.7. The number of pyridine rings is 2. The normalized spacial score (nSPS) is 10.6. The Morgan fingerprint density at radius 3 is 2.61 bits per heavy atom. The Kier molecular flexibility index (Phi) is 8.04. The molecule has 36 heavy (non-hydrogen) atoms. The number of nitriles is 1. The van der Waals surface area contributed by atoms with Crippen LogP contribution in [0, 0.1) is 24.8 Å². The number of anilines is 1. The van der Waals surface area contributed by atoms with Gasteiger partial charge in [-0.1, -0.05) is 35.5 Å². The maximum Gasteiger partial charge on any atom is 0.237 e. The minimum Gasteiger partial charge on any atom is -0.475 e. The first kappa shape index (κ1) is 25.4. The summed E-state index contributed by atoms with van der Waals surface area (Å²) in [6, 6.07) is 13.0. The molecule has 0 bridgehead atoms. The predicted octanol–water partition coefficient (Wildman–Crippen LogP) is 5.90. The molecule has 0 aliphatic carbocycles. The van der Waals surface area contributed by atoms with Gasteiger partial charge in [0.05, 0.1) is 24.4 Å². The highest BCUT2D eigenvalue weighted by Gasteiger charge is 2.22. The van der Waals surface area contributed by atoms with Gasteiger partial charge in [0.2, 0.25) is 11.6 Å². The van der Waals surface area contributed by atoms with Crippen molar-refractivity contribution in [1.82, 2.24) is 15.0 Å². The molecule has 0 unspecified atom stereocenters. The average molecular weight is 535 g/mol. The molecule has 11 heteroatoms. The number of nitrogen functional groups attached to an aromatic ring is 1. The van der Waals surface area contributed by atoms with Crippen molar-refractivity contribution < 1.29 is 9.84 Å². The van der Waals surface area contributed by atoms with Crippen molar-refractivity contribution in [2.24, 2.45) is 0 Å². The lowest BCUT2D eigenvalue weighted by molar-refractivity contribution is 0.196. The van der Waals surface area contributed by atoms with Crippen LogP contribution >= 0.6 is 34.7 Å². The number of hydrogen-bond acceptors (Lipinski definition) is 9. The van der Waals surface area contributed by atoms with E-state index in [-0.39, 0.29) is 30.3 Å². The van der Waals surface area contributed by atoms with Crippen LogP contribution in [0.4, 0.5) is 11.5 Å². The van der Waals surface area contributed by atoms with Crippen LogP contribution in [0.2, 0.25) is 5.02 Å². The van der Waals surface area contributed by atoms with Crippen LogP contribution in [0.1, 0.15) is 16.1 Å². The molecule has 3 heterocycles. The zero-order valence-corrected chi connectivity index (χ0v) is 21.4. The quantitative estimate of drug-likeness (QED) is 0.212. The second-order valence-electron chi connectivity index (χ2n) is 7.40. The summed E-state index contributed by atoms with van der Waals surface area (Å²) in [5.74, 6) is 0.835. The standard InChI is InChI=1S/C25H19ClN6O2S2/c1-14-19(31-24(36-14)15-3-6-17(26)7-4-15)13-35-25-18(11-27)21(22(29-2)23(28)32-25)16-5-8-20(30-12-16)34-10-9-33/h3-8,12,33H,9-10,13H2,1H3,(H2,28,32). The number of aliphatic hydroxyl groups is 1. The van der Waals surface area contributed by atoms with E-state index in [1.54, 1.807) is 23.5 Å². The fraction of sp³-hybridized carbons (Fsp3) is 0.160. The molecule has 0 atom stereocenters. The number of thioether (sulfide) groups is 1. The molecule has 8 nitrogen and oxygen atoms in total. The van der Waals surface area contributed by atoms with Crippen LogP contribution < -0.4 is 10.5 Å². The summed E-state index contributed by atoms with van der Waals surface area (Å²) in [5.41, 5.74) is 9.25. The first-order chi connectivity index (χ1) is 17.4. The second kappa shape index (κ2) is 11.4. The van der Waals surface area contributed by atoms with E-state index in [1.807, 2.05) is 31.2 Å². The summed E-state index contributed by atoms with van der Waals surface area (Å²) in [4.78, 5) is 17.9. The van der Waals surface area contributed by atoms with Crippen molar-refractivity contribution >= 4 is 46.2 Å². The molecule has 3 N–H and O–H groups in total. The van der Waals surface area contributed by atoms with Gasteiger partial charge in [-0.2, -0.15) is 5.26 Å². The van der Waals surface area contributed by atoms with Crippen LogP contribution in [0.5, 0.6) is 5.88 Å². The Bertz CT molecular complexity index is 1480. The van der Waals surface area contributed by atoms with Crippen LogP contribution in [0.25, 0.3) is 26.5 Å². The van der Waals surface area contributed by atoms with Crippen LogP contribution in [-0.4, -0.2) is 33.3 Å². The van der Waals surface area contributed by atoms with Gasteiger partial charge in [-0.15, -0.1) is 11.3 Å². The molecule has 4 rings (SSSR count). The number of halogens is 1. The number of benzene rings is 1. The number of hydrogen-bond donors (Lipinski definition) is 2. The summed E-state index contributed by atoms with van der Waals surface area (Å²) in [6.45, 7) is 9.59. The zero-order valence-electron chi connectivity index (χ0n) is 19.0. The highest BCUT2D eigenvalue weighted by Crippen LogP contribution is 2.42. The van der Waals surface area contributed by atoms with E-state index in [1.165, 1.54) is 18.0 Å². The van der Waals surface area contributed by atoms with Gasteiger partial charge in [-0.3, -0.25) is 0 Å². The van der Waals surface area contributed by atoms with Crippen molar-refractivity contribution in [2.45, 2.75) is 17.7 Å². The number of aromatic nitrogens is 3. The van der Waals surface area contributed by atoms with Crippen LogP contribution in [-0.2, 0) is 5.75 Å². The molecular formula is C25H19ClN6O2S2. The maximum absolute atomic E-state index is 10.0. The smallest absolute Gasteiger partial charge is 0.237 e. The van der Waals surface area contributed by atoms with Crippen LogP contribution in [0.15, 0.2) is 47.6 Å². The summed E-state index contributed by atoms with van der Waals surface area (Å²) in [7, 11) is 0. The Morgan fingerprint density at radius 1 is 1.22 bits per heavy atom. The average Bonchev–Trinajstić information content (AvgIpc) is 3.26. The van der Waals surface area contributed by atoms with Gasteiger partial charge in [0, 0.05) is 39.0 Å². The number of aliphatic hydroxyl groups excluding tert-OH is 1. The molecule has 0 spiro atoms. The topological polar surface area (TPSA) is 122 Å². The molecule has 0 saturated heterocycles. The molecule has 0 fully saturated rings. The largest absolute Gasteiger partial charge is 0.475 e. The fourth-order valence-corrected chi connectivity index (χ4v) is 5.51. The highest BCUT2D eigenvalue weighted by molar-refractivity contribution is 7.98. The number of rotatable bonds is 8. The summed E-state index contributed by atoms with van der Waals surface area (Å²) >= 11 is 8.92. The third-order valence-corrected chi connectivity index (χ3v) is 7.39. The van der Waals surface area contributed by atoms with Gasteiger partial charge in [-0.25, -0.2) is 19.8 Å². The third kappa shape index (κ3) is 5.43. The number of nitrogens with zero attached hydrogens (tertiary/aromatic N) is 5. The maximum atomic E-state index is 10.0. The van der Waals surface area contributed by atoms with Crippen LogP contribution in [0.3, 0.4) is 0 Å². The number of nitrogens with two attached hydrogens (primary N) is 1. The SMILES string of the molecule is [C-]#[N+]c1c(N)nc(SCc2nc(-c3ccc(Cl)cc3)sc2C)c(C#N)c1-c1ccc(OCCO)nc1. The highest BCUT2D eigenvalue weighted by atomic mass is 35.5. The Balaban J connectivity index is 1.66. The van der Waals surface area contributed by atoms with Gasteiger partial charge in [-0.05, 0) is 30.7 Å². The summed E-state index contributed by atoms with van der Waals surface area (Å²) in [6.07, 6.45) is 1.51. The molecule has 1 aromatic carbocycles. The van der Waals surface area contributed by atoms with Crippen molar-refractivity contribution in [3.63, 3.8) is 0 Å². The molecule has 0 saturated carbocycles. The van der Waals surface area contributed by atoms with Crippen molar-refractivity contribution in [2.75, 3.05) is 18.9 Å². The molecule has 3 aromatic heterocycles. The molecule has 180 valence electrons. The summed E-state index contributed by atoms with van der Waals surface area (Å²) < 4.78 is 5.30. The minimum absolute atomic E-state index is 0.0407. The number of aryl methyl sites for hydroxylation is 1. The summed E-state index contributed by atoms with van der Waals surface area (Å²) in [5, 5.41) is 20.9. The van der Waals surface area contributed by atoms with Gasteiger partial charge in [0.25, 0.3) is 0 Å². The molecule has 0 radical (unpaired) electrons. The Hall–Kier alpha value is -3.67. The van der Waals surface area contributed by atoms with Gasteiger partial charge in [0.15, 0.2) is 0 Å². The lowest BCUT2D eigenvalue weighted by Crippen LogP contribution is -2.03. The number of thiazole rings is 1. The minimum atomic E-state index is -0.134.